The van der Waals surface area contributed by atoms with Crippen LogP contribution in [-0.4, -0.2) is 10.2 Å². The van der Waals surface area contributed by atoms with Crippen molar-refractivity contribution in [1.29, 1.82) is 0 Å². The van der Waals surface area contributed by atoms with Crippen LogP contribution in [0.2, 0.25) is 0 Å². The minimum Gasteiger partial charge on any atom is -0.504 e. The van der Waals surface area contributed by atoms with Crippen LogP contribution in [0.25, 0.3) is 11.1 Å². The maximum Gasteiger partial charge on any atom is 0.165 e. The summed E-state index contributed by atoms with van der Waals surface area (Å²) in [6, 6.07) is 13.0. The smallest absolute Gasteiger partial charge is 0.165 e. The molecule has 0 unspecified atom stereocenters. The van der Waals surface area contributed by atoms with Gasteiger partial charge in [-0.2, -0.15) is 0 Å². The van der Waals surface area contributed by atoms with E-state index in [0.717, 1.165) is 5.56 Å². The van der Waals surface area contributed by atoms with Gasteiger partial charge in [0.2, 0.25) is 0 Å². The lowest BCUT2D eigenvalue weighted by molar-refractivity contribution is 0.405. The van der Waals surface area contributed by atoms with Crippen LogP contribution < -0.4 is 0 Å². The van der Waals surface area contributed by atoms with Crippen molar-refractivity contribution in [2.24, 2.45) is 0 Å². The Kier molecular flexibility index (Phi) is 3.04. The molecule has 2 aromatic rings. The third-order valence-corrected chi connectivity index (χ3v) is 3.08. The average molecular weight is 242 g/mol. The number of aromatic hydroxyl groups is 2. The van der Waals surface area contributed by atoms with Crippen molar-refractivity contribution in [3.63, 3.8) is 0 Å². The number of phenolic OH excluding ortho intramolecular Hbond substituents is 2. The average Bonchev–Trinajstić information content (AvgIpc) is 2.32. The SMILES string of the molecule is CC(C)(C)c1ccc(-c2cccc(O)c2O)cc1. The summed E-state index contributed by atoms with van der Waals surface area (Å²) in [7, 11) is 0. The lowest BCUT2D eigenvalue weighted by atomic mass is 9.86. The lowest BCUT2D eigenvalue weighted by Crippen LogP contribution is -2.10. The summed E-state index contributed by atoms with van der Waals surface area (Å²) in [6.07, 6.45) is 0. The van der Waals surface area contributed by atoms with Gasteiger partial charge in [0.05, 0.1) is 0 Å². The van der Waals surface area contributed by atoms with E-state index in [9.17, 15) is 10.2 Å². The standard InChI is InChI=1S/C16H18O2/c1-16(2,3)12-9-7-11(8-10-12)13-5-4-6-14(17)15(13)18/h4-10,17-18H,1-3H3. The first-order chi connectivity index (χ1) is 8.39. The Bertz CT molecular complexity index is 548. The molecule has 0 aliphatic rings. The normalized spacial score (nSPS) is 11.5. The summed E-state index contributed by atoms with van der Waals surface area (Å²) >= 11 is 0. The summed E-state index contributed by atoms with van der Waals surface area (Å²) in [4.78, 5) is 0. The zero-order valence-corrected chi connectivity index (χ0v) is 10.9. The number of hydrogen-bond donors (Lipinski definition) is 2. The van der Waals surface area contributed by atoms with Gasteiger partial charge in [-0.3, -0.25) is 0 Å². The van der Waals surface area contributed by atoms with Gasteiger partial charge in [0, 0.05) is 5.56 Å². The van der Waals surface area contributed by atoms with E-state index in [2.05, 4.69) is 32.9 Å². The highest BCUT2D eigenvalue weighted by Crippen LogP contribution is 2.36. The van der Waals surface area contributed by atoms with E-state index in [4.69, 9.17) is 0 Å². The molecule has 0 aliphatic heterocycles. The van der Waals surface area contributed by atoms with E-state index >= 15 is 0 Å². The molecule has 2 nitrogen and oxygen atoms in total. The van der Waals surface area contributed by atoms with Crippen LogP contribution >= 0.6 is 0 Å². The highest BCUT2D eigenvalue weighted by Gasteiger charge is 2.14. The first-order valence-electron chi connectivity index (χ1n) is 6.01. The number of rotatable bonds is 1. The van der Waals surface area contributed by atoms with E-state index in [-0.39, 0.29) is 16.9 Å². The Morgan fingerprint density at radius 1 is 0.833 bits per heavy atom. The summed E-state index contributed by atoms with van der Waals surface area (Å²) in [5.41, 5.74) is 2.90. The molecule has 0 radical (unpaired) electrons. The highest BCUT2D eigenvalue weighted by molar-refractivity contribution is 5.73. The van der Waals surface area contributed by atoms with E-state index in [1.807, 2.05) is 12.1 Å². The van der Waals surface area contributed by atoms with Gasteiger partial charge < -0.3 is 10.2 Å². The van der Waals surface area contributed by atoms with Gasteiger partial charge in [-0.15, -0.1) is 0 Å². The molecule has 18 heavy (non-hydrogen) atoms. The van der Waals surface area contributed by atoms with E-state index in [1.54, 1.807) is 12.1 Å². The van der Waals surface area contributed by atoms with Crippen molar-refractivity contribution < 1.29 is 10.2 Å². The first-order valence-corrected chi connectivity index (χ1v) is 6.01. The summed E-state index contributed by atoms with van der Waals surface area (Å²) in [5, 5.41) is 19.3. The van der Waals surface area contributed by atoms with Crippen LogP contribution in [0.1, 0.15) is 26.3 Å². The predicted molar refractivity (Wildman–Crippen MR) is 73.9 cm³/mol. The van der Waals surface area contributed by atoms with Gasteiger partial charge in [-0.05, 0) is 22.6 Å². The van der Waals surface area contributed by atoms with Crippen molar-refractivity contribution in [1.82, 2.24) is 0 Å². The van der Waals surface area contributed by atoms with Gasteiger partial charge in [-0.1, -0.05) is 57.2 Å². The summed E-state index contributed by atoms with van der Waals surface area (Å²) < 4.78 is 0. The molecule has 0 atom stereocenters. The van der Waals surface area contributed by atoms with Gasteiger partial charge >= 0.3 is 0 Å². The first kappa shape index (κ1) is 12.5. The van der Waals surface area contributed by atoms with Crippen LogP contribution in [0.4, 0.5) is 0 Å². The molecular weight excluding hydrogens is 224 g/mol. The van der Waals surface area contributed by atoms with Crippen LogP contribution in [0, 0.1) is 0 Å². The Balaban J connectivity index is 2.44. The van der Waals surface area contributed by atoms with Crippen LogP contribution in [0.3, 0.4) is 0 Å². The predicted octanol–water partition coefficient (Wildman–Crippen LogP) is 4.06. The number of hydrogen-bond acceptors (Lipinski definition) is 2. The molecule has 2 N–H and O–H groups in total. The molecule has 0 heterocycles. The quantitative estimate of drug-likeness (QED) is 0.740. The molecule has 0 saturated carbocycles. The molecule has 2 rings (SSSR count). The molecule has 0 saturated heterocycles. The van der Waals surface area contributed by atoms with Crippen molar-refractivity contribution in [3.05, 3.63) is 48.0 Å². The molecule has 0 bridgehead atoms. The van der Waals surface area contributed by atoms with Gasteiger partial charge in [0.1, 0.15) is 0 Å². The van der Waals surface area contributed by atoms with E-state index in [0.29, 0.717) is 5.56 Å². The topological polar surface area (TPSA) is 40.5 Å². The maximum atomic E-state index is 9.83. The van der Waals surface area contributed by atoms with Gasteiger partial charge in [0.15, 0.2) is 11.5 Å². The zero-order chi connectivity index (χ0) is 13.3. The molecule has 0 spiro atoms. The lowest BCUT2D eigenvalue weighted by Gasteiger charge is -2.19. The zero-order valence-electron chi connectivity index (χ0n) is 10.9. The van der Waals surface area contributed by atoms with E-state index < -0.39 is 0 Å². The second-order valence-corrected chi connectivity index (χ2v) is 5.50. The molecule has 0 aliphatic carbocycles. The van der Waals surface area contributed by atoms with Gasteiger partial charge in [-0.25, -0.2) is 0 Å². The molecule has 0 aromatic heterocycles. The fraction of sp³-hybridized carbons (Fsp3) is 0.250. The fourth-order valence-corrected chi connectivity index (χ4v) is 1.91. The van der Waals surface area contributed by atoms with Crippen molar-refractivity contribution in [2.45, 2.75) is 26.2 Å². The van der Waals surface area contributed by atoms with Crippen molar-refractivity contribution in [3.8, 4) is 22.6 Å². The van der Waals surface area contributed by atoms with Crippen molar-refractivity contribution >= 4 is 0 Å². The molecule has 0 fully saturated rings. The number of para-hydroxylation sites is 1. The summed E-state index contributed by atoms with van der Waals surface area (Å²) in [6.45, 7) is 6.48. The largest absolute Gasteiger partial charge is 0.504 e. The molecule has 94 valence electrons. The number of phenols is 2. The maximum absolute atomic E-state index is 9.83. The molecule has 2 heteroatoms. The highest BCUT2D eigenvalue weighted by atomic mass is 16.3. The Morgan fingerprint density at radius 2 is 1.44 bits per heavy atom. The molecule has 0 amide bonds. The number of benzene rings is 2. The van der Waals surface area contributed by atoms with Crippen LogP contribution in [-0.2, 0) is 5.41 Å². The Hall–Kier alpha value is -1.96. The third-order valence-electron chi connectivity index (χ3n) is 3.08. The second-order valence-electron chi connectivity index (χ2n) is 5.50. The van der Waals surface area contributed by atoms with Crippen LogP contribution in [0.15, 0.2) is 42.5 Å². The second kappa shape index (κ2) is 4.37. The van der Waals surface area contributed by atoms with Crippen molar-refractivity contribution in [2.75, 3.05) is 0 Å². The minimum absolute atomic E-state index is 0.0685. The third kappa shape index (κ3) is 2.33. The Labute approximate surface area is 108 Å². The fourth-order valence-electron chi connectivity index (χ4n) is 1.91. The molecular formula is C16H18O2. The molecule has 2 aromatic carbocycles. The monoisotopic (exact) mass is 242 g/mol. The van der Waals surface area contributed by atoms with E-state index in [1.165, 1.54) is 11.6 Å². The summed E-state index contributed by atoms with van der Waals surface area (Å²) in [5.74, 6) is -0.159. The Morgan fingerprint density at radius 3 is 2.00 bits per heavy atom. The minimum atomic E-state index is -0.0904. The van der Waals surface area contributed by atoms with Crippen LogP contribution in [0.5, 0.6) is 11.5 Å². The van der Waals surface area contributed by atoms with Gasteiger partial charge in [0.25, 0.3) is 0 Å².